The lowest BCUT2D eigenvalue weighted by atomic mass is 9.94. The number of carbonyl (C=O) groups is 2. The van der Waals surface area contributed by atoms with Crippen LogP contribution in [0.1, 0.15) is 48.8 Å². The zero-order valence-corrected chi connectivity index (χ0v) is 27.6. The fourth-order valence-electron chi connectivity index (χ4n) is 5.54. The SMILES string of the molecule is COc1ccc(C)cc1N(CC(=O)N(Cc1c(Cl)cccc1Cl)[C@@H](Cc1ccccc1)C(=O)NC1CCCCC1)S(C)(=O)=O. The summed E-state index contributed by atoms with van der Waals surface area (Å²) in [6.45, 7) is 1.15. The Hall–Kier alpha value is -3.27. The average Bonchev–Trinajstić information content (AvgIpc) is 2.99. The number of benzene rings is 3. The largest absolute Gasteiger partial charge is 0.495 e. The van der Waals surface area contributed by atoms with Crippen molar-refractivity contribution in [1.82, 2.24) is 10.2 Å². The molecule has 2 amide bonds. The molecule has 3 aromatic rings. The lowest BCUT2D eigenvalue weighted by molar-refractivity contribution is -0.140. The Balaban J connectivity index is 1.79. The van der Waals surface area contributed by atoms with E-state index in [9.17, 15) is 18.0 Å². The normalized spacial score (nSPS) is 14.5. The number of methoxy groups -OCH3 is 1. The number of anilines is 1. The summed E-state index contributed by atoms with van der Waals surface area (Å²) in [6.07, 6.45) is 6.14. The summed E-state index contributed by atoms with van der Waals surface area (Å²) in [5, 5.41) is 3.85. The second-order valence-corrected chi connectivity index (χ2v) is 13.9. The number of aryl methyl sites for hydroxylation is 1. The van der Waals surface area contributed by atoms with Gasteiger partial charge in [-0.2, -0.15) is 0 Å². The van der Waals surface area contributed by atoms with Crippen LogP contribution in [0.25, 0.3) is 0 Å². The van der Waals surface area contributed by atoms with Gasteiger partial charge in [-0.05, 0) is 55.2 Å². The van der Waals surface area contributed by atoms with E-state index < -0.39 is 28.5 Å². The van der Waals surface area contributed by atoms with Crippen molar-refractivity contribution in [2.24, 2.45) is 0 Å². The minimum Gasteiger partial charge on any atom is -0.495 e. The third kappa shape index (κ3) is 8.67. The summed E-state index contributed by atoms with van der Waals surface area (Å²) in [7, 11) is -2.52. The molecule has 1 fully saturated rings. The Morgan fingerprint density at radius 2 is 1.64 bits per heavy atom. The number of carbonyl (C=O) groups excluding carboxylic acids is 2. The smallest absolute Gasteiger partial charge is 0.244 e. The van der Waals surface area contributed by atoms with Crippen LogP contribution in [-0.2, 0) is 32.6 Å². The molecule has 11 heteroatoms. The van der Waals surface area contributed by atoms with E-state index in [0.29, 0.717) is 21.4 Å². The minimum atomic E-state index is -3.96. The number of rotatable bonds is 12. The standard InChI is InChI=1S/C33H39Cl2N3O5S/c1-23-17-18-31(43-2)29(19-23)38(44(3,41)42)22-32(39)37(21-26-27(34)15-10-16-28(26)35)30(20-24-11-6-4-7-12-24)33(40)36-25-13-8-5-9-14-25/h4,6-7,10-12,15-19,25,30H,5,8-9,13-14,20-22H2,1-3H3,(H,36,40)/t30-/m0/s1. The maximum atomic E-state index is 14.4. The van der Waals surface area contributed by atoms with Gasteiger partial charge < -0.3 is 15.0 Å². The van der Waals surface area contributed by atoms with E-state index >= 15 is 0 Å². The molecule has 0 spiro atoms. The third-order valence-electron chi connectivity index (χ3n) is 7.90. The van der Waals surface area contributed by atoms with Crippen LogP contribution >= 0.6 is 23.2 Å². The van der Waals surface area contributed by atoms with Crippen molar-refractivity contribution < 1.29 is 22.7 Å². The molecule has 1 saturated carbocycles. The first-order valence-electron chi connectivity index (χ1n) is 14.7. The van der Waals surface area contributed by atoms with Gasteiger partial charge in [-0.1, -0.05) is 84.9 Å². The highest BCUT2D eigenvalue weighted by molar-refractivity contribution is 7.92. The molecule has 0 bridgehead atoms. The van der Waals surface area contributed by atoms with Crippen molar-refractivity contribution in [2.75, 3.05) is 24.2 Å². The zero-order chi connectivity index (χ0) is 31.9. The fraction of sp³-hybridized carbons (Fsp3) is 0.394. The van der Waals surface area contributed by atoms with Crippen molar-refractivity contribution in [2.45, 2.75) is 64.1 Å². The highest BCUT2D eigenvalue weighted by Gasteiger charge is 2.35. The number of nitrogens with zero attached hydrogens (tertiary/aromatic N) is 2. The van der Waals surface area contributed by atoms with Crippen LogP contribution < -0.4 is 14.4 Å². The number of sulfonamides is 1. The third-order valence-corrected chi connectivity index (χ3v) is 9.73. The van der Waals surface area contributed by atoms with Gasteiger partial charge in [0.2, 0.25) is 21.8 Å². The van der Waals surface area contributed by atoms with E-state index in [2.05, 4.69) is 5.32 Å². The Morgan fingerprint density at radius 3 is 2.25 bits per heavy atom. The van der Waals surface area contributed by atoms with E-state index in [4.69, 9.17) is 27.9 Å². The lowest BCUT2D eigenvalue weighted by Crippen LogP contribution is -2.55. The van der Waals surface area contributed by atoms with Crippen molar-refractivity contribution >= 4 is 50.7 Å². The van der Waals surface area contributed by atoms with Crippen LogP contribution in [0, 0.1) is 6.92 Å². The number of hydrogen-bond acceptors (Lipinski definition) is 5. The molecule has 1 N–H and O–H groups in total. The zero-order valence-electron chi connectivity index (χ0n) is 25.3. The van der Waals surface area contributed by atoms with Crippen LogP contribution in [0.15, 0.2) is 66.7 Å². The number of nitrogens with one attached hydrogen (secondary N) is 1. The topological polar surface area (TPSA) is 96.0 Å². The Kier molecular flexibility index (Phi) is 11.6. The van der Waals surface area contributed by atoms with Crippen LogP contribution in [0.3, 0.4) is 0 Å². The number of amides is 2. The van der Waals surface area contributed by atoms with E-state index in [-0.39, 0.29) is 30.6 Å². The summed E-state index contributed by atoms with van der Waals surface area (Å²) >= 11 is 13.1. The highest BCUT2D eigenvalue weighted by Crippen LogP contribution is 2.32. The van der Waals surface area contributed by atoms with Gasteiger partial charge in [0.05, 0.1) is 19.1 Å². The molecule has 3 aromatic carbocycles. The molecule has 0 saturated heterocycles. The molecule has 0 aromatic heterocycles. The Labute approximate surface area is 270 Å². The molecule has 0 unspecified atom stereocenters. The monoisotopic (exact) mass is 659 g/mol. The fourth-order valence-corrected chi connectivity index (χ4v) is 6.90. The Morgan fingerprint density at radius 1 is 0.977 bits per heavy atom. The molecular formula is C33H39Cl2N3O5S. The molecule has 0 radical (unpaired) electrons. The van der Waals surface area contributed by atoms with Gasteiger partial charge in [0.25, 0.3) is 0 Å². The van der Waals surface area contributed by atoms with E-state index in [1.807, 2.05) is 37.3 Å². The van der Waals surface area contributed by atoms with Gasteiger partial charge in [-0.15, -0.1) is 0 Å². The van der Waals surface area contributed by atoms with E-state index in [0.717, 1.165) is 53.8 Å². The van der Waals surface area contributed by atoms with Crippen LogP contribution in [0.2, 0.25) is 10.0 Å². The molecule has 1 atom stereocenters. The maximum absolute atomic E-state index is 14.4. The van der Waals surface area contributed by atoms with Gasteiger partial charge >= 0.3 is 0 Å². The van der Waals surface area contributed by atoms with Crippen LogP contribution in [0.4, 0.5) is 5.69 Å². The molecule has 236 valence electrons. The first kappa shape index (κ1) is 33.6. The van der Waals surface area contributed by atoms with Crippen molar-refractivity contribution in [1.29, 1.82) is 0 Å². The second-order valence-electron chi connectivity index (χ2n) is 11.2. The number of ether oxygens (including phenoxy) is 1. The van der Waals surface area contributed by atoms with Crippen molar-refractivity contribution in [3.05, 3.63) is 93.5 Å². The maximum Gasteiger partial charge on any atom is 0.244 e. The molecule has 4 rings (SSSR count). The van der Waals surface area contributed by atoms with E-state index in [1.165, 1.54) is 12.0 Å². The van der Waals surface area contributed by atoms with Gasteiger partial charge in [0.1, 0.15) is 18.3 Å². The summed E-state index contributed by atoms with van der Waals surface area (Å²) in [6, 6.07) is 18.6. The van der Waals surface area contributed by atoms with Crippen molar-refractivity contribution in [3.63, 3.8) is 0 Å². The quantitative estimate of drug-likeness (QED) is 0.251. The van der Waals surface area contributed by atoms with Crippen molar-refractivity contribution in [3.8, 4) is 5.75 Å². The molecule has 1 aliphatic carbocycles. The minimum absolute atomic E-state index is 0.000509. The van der Waals surface area contributed by atoms with Gasteiger partial charge in [0.15, 0.2) is 0 Å². The predicted octanol–water partition coefficient (Wildman–Crippen LogP) is 6.17. The summed E-state index contributed by atoms with van der Waals surface area (Å²) in [5.41, 5.74) is 2.33. The first-order valence-corrected chi connectivity index (χ1v) is 17.3. The predicted molar refractivity (Wildman–Crippen MR) is 176 cm³/mol. The number of hydrogen-bond donors (Lipinski definition) is 1. The average molecular weight is 661 g/mol. The molecule has 1 aliphatic rings. The van der Waals surface area contributed by atoms with Crippen LogP contribution in [0.5, 0.6) is 5.75 Å². The highest BCUT2D eigenvalue weighted by atomic mass is 35.5. The molecular weight excluding hydrogens is 621 g/mol. The second kappa shape index (κ2) is 15.1. The first-order chi connectivity index (χ1) is 21.0. The van der Waals surface area contributed by atoms with Gasteiger partial charge in [-0.3, -0.25) is 13.9 Å². The molecule has 0 aliphatic heterocycles. The summed E-state index contributed by atoms with van der Waals surface area (Å²) in [5.74, 6) is -0.601. The molecule has 44 heavy (non-hydrogen) atoms. The van der Waals surface area contributed by atoms with Crippen LogP contribution in [-0.4, -0.2) is 57.1 Å². The Bertz CT molecular complexity index is 1540. The molecule has 0 heterocycles. The lowest BCUT2D eigenvalue weighted by Gasteiger charge is -2.35. The van der Waals surface area contributed by atoms with E-state index in [1.54, 1.807) is 36.4 Å². The van der Waals surface area contributed by atoms with Gasteiger partial charge in [0, 0.05) is 34.6 Å². The summed E-state index contributed by atoms with van der Waals surface area (Å²) < 4.78 is 32.8. The molecule has 8 nitrogen and oxygen atoms in total. The summed E-state index contributed by atoms with van der Waals surface area (Å²) in [4.78, 5) is 29.9. The van der Waals surface area contributed by atoms with Gasteiger partial charge in [-0.25, -0.2) is 8.42 Å². The number of halogens is 2.